The molecule has 3 heteroatoms. The summed E-state index contributed by atoms with van der Waals surface area (Å²) in [5, 5.41) is 0. The van der Waals surface area contributed by atoms with Crippen molar-refractivity contribution in [1.29, 1.82) is 0 Å². The number of aryl methyl sites for hydroxylation is 4. The third-order valence-corrected chi connectivity index (χ3v) is 46.0. The summed E-state index contributed by atoms with van der Waals surface area (Å²) in [4.78, 5) is 0. The van der Waals surface area contributed by atoms with Crippen molar-refractivity contribution in [3.63, 3.8) is 0 Å². The van der Waals surface area contributed by atoms with Crippen molar-refractivity contribution in [3.05, 3.63) is 129 Å². The molecule has 0 amide bonds. The molecule has 0 saturated carbocycles. The Kier molecular flexibility index (Phi) is 9.45. The molecule has 54 heavy (non-hydrogen) atoms. The van der Waals surface area contributed by atoms with Gasteiger partial charge in [0.25, 0.3) is 0 Å². The van der Waals surface area contributed by atoms with Crippen molar-refractivity contribution < 1.29 is 12.9 Å². The molecule has 0 spiro atoms. The summed E-state index contributed by atoms with van der Waals surface area (Å²) in [7, 11) is 18.5. The van der Waals surface area contributed by atoms with E-state index in [1.54, 1.807) is 0 Å². The summed E-state index contributed by atoms with van der Waals surface area (Å²) in [6.45, 7) is 32.1. The Morgan fingerprint density at radius 1 is 0.537 bits per heavy atom. The van der Waals surface area contributed by atoms with Crippen LogP contribution in [0.5, 0.6) is 0 Å². The zero-order chi connectivity index (χ0) is 40.1. The zero-order valence-corrected chi connectivity index (χ0v) is 39.7. The molecular weight excluding hydrogens is 775 g/mol. The maximum atomic E-state index is 9.27. The first-order valence-electron chi connectivity index (χ1n) is 20.4. The van der Waals surface area contributed by atoms with Crippen LogP contribution in [0, 0.1) is 39.5 Å². The molecule has 0 bridgehead atoms. The van der Waals surface area contributed by atoms with Crippen LogP contribution in [0.4, 0.5) is 0 Å². The van der Waals surface area contributed by atoms with Crippen LogP contribution in [0.25, 0.3) is 33.4 Å². The number of rotatable bonds is 8. The van der Waals surface area contributed by atoms with Crippen molar-refractivity contribution in [1.82, 2.24) is 0 Å². The van der Waals surface area contributed by atoms with Gasteiger partial charge in [-0.05, 0) is 0 Å². The summed E-state index contributed by atoms with van der Waals surface area (Å²) >= 11 is -6.58. The van der Waals surface area contributed by atoms with Crippen LogP contribution in [-0.4, -0.2) is 4.21 Å². The molecular formula is C51H66Cl2Zr. The second kappa shape index (κ2) is 12.3. The average molecular weight is 841 g/mol. The van der Waals surface area contributed by atoms with E-state index in [0.29, 0.717) is 8.26 Å². The van der Waals surface area contributed by atoms with Crippen LogP contribution >= 0.6 is 17.0 Å². The monoisotopic (exact) mass is 838 g/mol. The topological polar surface area (TPSA) is 0 Å². The summed E-state index contributed by atoms with van der Waals surface area (Å²) in [6.07, 6.45) is 8.94. The molecule has 0 unspecified atom stereocenters. The van der Waals surface area contributed by atoms with Gasteiger partial charge >= 0.3 is 332 Å². The molecule has 288 valence electrons. The van der Waals surface area contributed by atoms with Gasteiger partial charge in [0.15, 0.2) is 0 Å². The maximum absolute atomic E-state index is 9.27. The van der Waals surface area contributed by atoms with Crippen LogP contribution in [0.2, 0.25) is 11.9 Å². The van der Waals surface area contributed by atoms with Crippen molar-refractivity contribution >= 4 is 21.2 Å². The molecule has 0 saturated heterocycles. The van der Waals surface area contributed by atoms with Gasteiger partial charge in [-0.2, -0.15) is 0 Å². The number of benzene rings is 4. The standard InChI is InChI=1S/C37H41.C5H5.2C4H9.CH2.2ClH.Zr/c1-22-11-23(2)14-26(13-22)32-18-28-17-29-19-33(27-15-24(3)12-25(4)16-27)35(37(8,9)10)21-31(29)30(28)20-34(32)36(5,6)7;1-2-4-5-3-1;2*1-4(2)3;;;;/h11-21H,1-10H3;1-5H;2*4H,1H2,2-3H3;1H2;2*1H;/q;;;;;;;+2/p-2. The molecule has 0 atom stereocenters. The average Bonchev–Trinajstić information content (AvgIpc) is 3.65. The van der Waals surface area contributed by atoms with Gasteiger partial charge in [0.1, 0.15) is 0 Å². The van der Waals surface area contributed by atoms with Gasteiger partial charge < -0.3 is 0 Å². The number of halogens is 2. The van der Waals surface area contributed by atoms with Crippen molar-refractivity contribution in [2.45, 2.75) is 123 Å². The molecule has 2 aliphatic carbocycles. The van der Waals surface area contributed by atoms with Gasteiger partial charge in [-0.3, -0.25) is 0 Å². The third kappa shape index (κ3) is 6.69. The predicted molar refractivity (Wildman–Crippen MR) is 241 cm³/mol. The zero-order valence-electron chi connectivity index (χ0n) is 35.8. The second-order valence-corrected chi connectivity index (χ2v) is 61.7. The van der Waals surface area contributed by atoms with Crippen molar-refractivity contribution in [2.24, 2.45) is 11.8 Å². The van der Waals surface area contributed by atoms with Crippen LogP contribution in [-0.2, 0) is 23.8 Å². The number of allylic oxidation sites excluding steroid dienone is 4. The molecule has 0 radical (unpaired) electrons. The number of hydrogen-bond donors (Lipinski definition) is 0. The Bertz CT molecular complexity index is 2200. The molecule has 0 fully saturated rings. The molecule has 0 heterocycles. The van der Waals surface area contributed by atoms with E-state index in [-0.39, 0.29) is 29.9 Å². The molecule has 4 aromatic carbocycles. The molecule has 0 aliphatic heterocycles. The first kappa shape index (κ1) is 41.3. The SMILES string of the molecule is [CH2]=[Zr]([Cl])([Cl])([CH2]C(C)C)([CH2]C(C)C)([CH]1C=CC=C1)[CH]1c2cc(-c3cc(C)cc(C)c3)c(C(C)(C)C)cc2-c2cc(C(C)(C)C)c(-c3cc(C)cc(C)c3)cc21. The summed E-state index contributed by atoms with van der Waals surface area (Å²) in [5.74, 6) is 0.460. The normalized spacial score (nSPS) is 17.1. The van der Waals surface area contributed by atoms with Crippen LogP contribution < -0.4 is 0 Å². The fourth-order valence-corrected chi connectivity index (χ4v) is 51.3. The van der Waals surface area contributed by atoms with E-state index in [1.165, 1.54) is 77.9 Å². The fourth-order valence-electron chi connectivity index (χ4n) is 12.0. The summed E-state index contributed by atoms with van der Waals surface area (Å²) in [5.41, 5.74) is 17.6. The van der Waals surface area contributed by atoms with Crippen LogP contribution in [0.15, 0.2) is 85.0 Å². The van der Waals surface area contributed by atoms with E-state index < -0.39 is 12.9 Å². The second-order valence-electron chi connectivity index (χ2n) is 21.6. The van der Waals surface area contributed by atoms with E-state index in [0.717, 1.165) is 0 Å². The van der Waals surface area contributed by atoms with E-state index in [2.05, 4.69) is 182 Å². The Balaban J connectivity index is 1.91. The minimum atomic E-state index is -6.58. The van der Waals surface area contributed by atoms with Gasteiger partial charge in [0, 0.05) is 0 Å². The minimum absolute atomic E-state index is 0.114. The van der Waals surface area contributed by atoms with Gasteiger partial charge in [0.2, 0.25) is 0 Å². The van der Waals surface area contributed by atoms with Gasteiger partial charge in [-0.15, -0.1) is 0 Å². The predicted octanol–water partition coefficient (Wildman–Crippen LogP) is 16.5. The molecule has 4 aromatic rings. The van der Waals surface area contributed by atoms with E-state index in [9.17, 15) is 17.0 Å². The Morgan fingerprint density at radius 2 is 0.870 bits per heavy atom. The first-order chi connectivity index (χ1) is 24.6. The van der Waals surface area contributed by atoms with E-state index in [1.807, 2.05) is 0 Å². The quantitative estimate of drug-likeness (QED) is 0.166. The molecule has 6 rings (SSSR count). The number of hydrogen-bond acceptors (Lipinski definition) is 0. The number of fused-ring (bicyclic) bond motifs is 3. The first-order valence-corrected chi connectivity index (χ1v) is 34.8. The van der Waals surface area contributed by atoms with Gasteiger partial charge in [0.05, 0.1) is 0 Å². The fraction of sp³-hybridized carbons (Fsp3) is 0.431. The Morgan fingerprint density at radius 3 is 1.17 bits per heavy atom. The summed E-state index contributed by atoms with van der Waals surface area (Å²) < 4.78 is 6.54. The van der Waals surface area contributed by atoms with Crippen LogP contribution in [0.3, 0.4) is 0 Å². The van der Waals surface area contributed by atoms with Crippen LogP contribution in [0.1, 0.15) is 117 Å². The summed E-state index contributed by atoms with van der Waals surface area (Å²) in [6, 6.07) is 24.0. The Hall–Kier alpha value is -2.31. The molecule has 2 aliphatic rings. The Labute approximate surface area is 329 Å². The molecule has 0 aromatic heterocycles. The van der Waals surface area contributed by atoms with Gasteiger partial charge in [-0.1, -0.05) is 0 Å². The van der Waals surface area contributed by atoms with Crippen molar-refractivity contribution in [2.75, 3.05) is 0 Å². The molecule has 0 N–H and O–H groups in total. The van der Waals surface area contributed by atoms with Gasteiger partial charge in [-0.25, -0.2) is 0 Å². The van der Waals surface area contributed by atoms with Crippen molar-refractivity contribution in [3.8, 4) is 33.4 Å². The van der Waals surface area contributed by atoms with E-state index in [4.69, 9.17) is 4.21 Å². The molecule has 0 nitrogen and oxygen atoms in total. The van der Waals surface area contributed by atoms with E-state index >= 15 is 0 Å². The third-order valence-electron chi connectivity index (χ3n) is 13.0.